The summed E-state index contributed by atoms with van der Waals surface area (Å²) in [4.78, 5) is 33.1. The number of para-hydroxylation sites is 5. The fourth-order valence-electron chi connectivity index (χ4n) is 12.4. The molecule has 1 amide bonds. The summed E-state index contributed by atoms with van der Waals surface area (Å²) in [5.74, 6) is 0.823. The van der Waals surface area contributed by atoms with Gasteiger partial charge in [0.05, 0.1) is 46.9 Å². The minimum Gasteiger partial charge on any atom is -0.491 e. The number of hydrogen-bond acceptors (Lipinski definition) is 10. The van der Waals surface area contributed by atoms with E-state index in [-0.39, 0.29) is 12.5 Å². The Balaban J connectivity index is 0.859. The summed E-state index contributed by atoms with van der Waals surface area (Å²) in [6, 6.07) is 72.0. The zero-order chi connectivity index (χ0) is 61.0. The maximum absolute atomic E-state index is 15.0. The Bertz CT molecular complexity index is 4800. The van der Waals surface area contributed by atoms with E-state index < -0.39 is 0 Å². The van der Waals surface area contributed by atoms with Gasteiger partial charge < -0.3 is 29.2 Å². The largest absolute Gasteiger partial charge is 0.491 e. The van der Waals surface area contributed by atoms with E-state index in [9.17, 15) is 0 Å². The smallest absolute Gasteiger partial charge is 0.262 e. The molecule has 0 unspecified atom stereocenters. The van der Waals surface area contributed by atoms with E-state index in [4.69, 9.17) is 34.8 Å². The molecule has 0 bridgehead atoms. The van der Waals surface area contributed by atoms with Crippen molar-refractivity contribution in [1.82, 2.24) is 9.97 Å². The number of hydroxylamine groups is 1. The first-order valence-corrected chi connectivity index (χ1v) is 30.8. The molecule has 2 aromatic heterocycles. The highest BCUT2D eigenvalue weighted by Crippen LogP contribution is 2.48. The van der Waals surface area contributed by atoms with Crippen molar-refractivity contribution in [1.29, 1.82) is 0 Å². The minimum atomic E-state index is -0.176. The van der Waals surface area contributed by atoms with E-state index >= 15 is 4.79 Å². The number of hydrogen-bond donors (Lipinski definition) is 2. The van der Waals surface area contributed by atoms with Crippen molar-refractivity contribution in [2.45, 2.75) is 61.0 Å². The summed E-state index contributed by atoms with van der Waals surface area (Å²) >= 11 is 0. The summed E-state index contributed by atoms with van der Waals surface area (Å²) in [7, 11) is 0. The normalized spacial score (nSPS) is 11.8. The lowest BCUT2D eigenvalue weighted by Gasteiger charge is -2.25. The highest BCUT2D eigenvalue weighted by molar-refractivity contribution is 6.23. The second kappa shape index (κ2) is 25.4. The summed E-state index contributed by atoms with van der Waals surface area (Å²) in [6.07, 6.45) is 1.66. The molecule has 11 aromatic carbocycles. The third kappa shape index (κ3) is 10.9. The number of rotatable bonds is 21. The second-order valence-electron chi connectivity index (χ2n) is 21.8. The number of carbonyl (C=O) groups is 1. The van der Waals surface area contributed by atoms with Crippen molar-refractivity contribution in [2.24, 2.45) is 20.5 Å². The Labute approximate surface area is 517 Å². The topological polar surface area (TPSA) is 136 Å². The van der Waals surface area contributed by atoms with Crippen LogP contribution in [-0.2, 0) is 24.3 Å². The zero-order valence-electron chi connectivity index (χ0n) is 50.9. The number of benzene rings is 11. The van der Waals surface area contributed by atoms with Crippen LogP contribution in [0.1, 0.15) is 68.6 Å². The standard InChI is InChI=1S/C76H69N9O4/c1-7-49-24-16-22-32-66(49)83(9-3)76(86)63-47-52-35-45-62-60-29-19-21-31-65(60)78-71(62)69(52)73(75(63)88-12-6)82-80-55-38-42-58(43-39-55)85(56-26-14-13-15-27-56)57-40-36-54(37-41-57)79-81-72-68-51(34-44-61-59-28-18-20-30-64(59)77-70(61)68)46-53(74(72)87-11-5)48-89-84(10-4)67-33-23-17-25-50(67)8-2/h13-47,77-78H,7-12,48H2,1-6H3. The number of nitrogens with one attached hydrogen (secondary N) is 2. The van der Waals surface area contributed by atoms with Crippen molar-refractivity contribution >= 4 is 122 Å². The number of azo groups is 2. The molecular formula is C76H69N9O4. The van der Waals surface area contributed by atoms with Gasteiger partial charge in [0, 0.05) is 84.8 Å². The van der Waals surface area contributed by atoms with Gasteiger partial charge in [-0.25, -0.2) is 0 Å². The number of ether oxygens (including phenoxy) is 2. The Hall–Kier alpha value is -10.6. The lowest BCUT2D eigenvalue weighted by molar-refractivity contribution is 0.0950. The summed E-state index contributed by atoms with van der Waals surface area (Å²) in [5, 5.41) is 30.0. The predicted molar refractivity (Wildman–Crippen MR) is 365 cm³/mol. The van der Waals surface area contributed by atoms with Gasteiger partial charge in [0.1, 0.15) is 18.0 Å². The number of H-pyrrole nitrogens is 2. The van der Waals surface area contributed by atoms with Crippen LogP contribution in [-0.4, -0.2) is 42.2 Å². The molecule has 0 aliphatic carbocycles. The second-order valence-corrected chi connectivity index (χ2v) is 21.8. The Kier molecular flexibility index (Phi) is 16.4. The molecule has 13 aromatic rings. The van der Waals surface area contributed by atoms with Gasteiger partial charge in [-0.1, -0.05) is 129 Å². The van der Waals surface area contributed by atoms with E-state index in [1.54, 1.807) is 0 Å². The van der Waals surface area contributed by atoms with Gasteiger partial charge in [-0.3, -0.25) is 14.7 Å². The molecule has 0 aliphatic heterocycles. The third-order valence-corrected chi connectivity index (χ3v) is 16.6. The fraction of sp³-hybridized carbons (Fsp3) is 0.171. The van der Waals surface area contributed by atoms with Crippen LogP contribution in [0.15, 0.2) is 233 Å². The molecule has 0 saturated carbocycles. The van der Waals surface area contributed by atoms with E-state index in [0.717, 1.165) is 118 Å². The van der Waals surface area contributed by atoms with Crippen LogP contribution in [0.2, 0.25) is 0 Å². The molecule has 0 aliphatic rings. The molecule has 442 valence electrons. The number of aromatic nitrogens is 2. The average Bonchev–Trinajstić information content (AvgIpc) is 1.74. The maximum Gasteiger partial charge on any atom is 0.262 e. The Morgan fingerprint density at radius 2 is 0.921 bits per heavy atom. The number of amides is 1. The number of anilines is 5. The predicted octanol–water partition coefficient (Wildman–Crippen LogP) is 21.1. The molecule has 0 saturated heterocycles. The molecule has 0 fully saturated rings. The van der Waals surface area contributed by atoms with Gasteiger partial charge in [-0.2, -0.15) is 10.2 Å². The van der Waals surface area contributed by atoms with Crippen molar-refractivity contribution in [3.8, 4) is 11.5 Å². The highest BCUT2D eigenvalue weighted by atomic mass is 16.7. The van der Waals surface area contributed by atoms with Gasteiger partial charge in [0.25, 0.3) is 5.91 Å². The van der Waals surface area contributed by atoms with Crippen LogP contribution >= 0.6 is 0 Å². The van der Waals surface area contributed by atoms with E-state index in [1.807, 2.05) is 134 Å². The lowest BCUT2D eigenvalue weighted by atomic mass is 9.99. The van der Waals surface area contributed by atoms with Gasteiger partial charge in [-0.15, -0.1) is 10.2 Å². The number of aryl methyl sites for hydroxylation is 2. The van der Waals surface area contributed by atoms with Crippen LogP contribution in [0.25, 0.3) is 65.2 Å². The van der Waals surface area contributed by atoms with Crippen molar-refractivity contribution < 1.29 is 19.1 Å². The van der Waals surface area contributed by atoms with Crippen LogP contribution in [0.4, 0.5) is 51.2 Å². The average molecular weight is 1170 g/mol. The fourth-order valence-corrected chi connectivity index (χ4v) is 12.4. The molecule has 13 nitrogen and oxygen atoms in total. The van der Waals surface area contributed by atoms with Gasteiger partial charge >= 0.3 is 0 Å². The van der Waals surface area contributed by atoms with E-state index in [2.05, 4.69) is 145 Å². The number of fused-ring (bicyclic) bond motifs is 10. The van der Waals surface area contributed by atoms with E-state index in [1.165, 1.54) is 5.56 Å². The number of nitrogens with zero attached hydrogens (tertiary/aromatic N) is 7. The molecule has 0 spiro atoms. The first-order valence-electron chi connectivity index (χ1n) is 30.8. The molecular weight excluding hydrogens is 1100 g/mol. The van der Waals surface area contributed by atoms with Crippen LogP contribution < -0.4 is 24.3 Å². The first kappa shape index (κ1) is 57.4. The van der Waals surface area contributed by atoms with Gasteiger partial charge in [-0.05, 0) is 159 Å². The molecule has 13 heteroatoms. The van der Waals surface area contributed by atoms with Crippen molar-refractivity contribution in [3.05, 3.63) is 235 Å². The molecule has 13 rings (SSSR count). The summed E-state index contributed by atoms with van der Waals surface area (Å²) in [6.45, 7) is 14.4. The molecule has 0 radical (unpaired) electrons. The lowest BCUT2D eigenvalue weighted by Crippen LogP contribution is -2.32. The molecule has 2 heterocycles. The third-order valence-electron chi connectivity index (χ3n) is 16.6. The first-order chi connectivity index (χ1) is 43.8. The maximum atomic E-state index is 15.0. The Morgan fingerprint density at radius 3 is 1.47 bits per heavy atom. The van der Waals surface area contributed by atoms with Crippen LogP contribution in [0.5, 0.6) is 11.5 Å². The van der Waals surface area contributed by atoms with E-state index in [0.29, 0.717) is 66.1 Å². The van der Waals surface area contributed by atoms with Crippen molar-refractivity contribution in [2.75, 3.05) is 41.2 Å². The Morgan fingerprint density at radius 1 is 0.438 bits per heavy atom. The van der Waals surface area contributed by atoms with Gasteiger partial charge in [0.2, 0.25) is 0 Å². The SMILES string of the molecule is CCOc1c(CON(CC)c2ccccc2CC)cc2ccc3c4ccccc4[nH]c3c2c1N=Nc1ccc(N(c2ccccc2)c2ccc(N=Nc3c(OCC)c(C(=O)N(CC)c4ccccc4CC)cc4ccc5c6ccccc6[nH]c5c34)cc2)cc1. The zero-order valence-corrected chi connectivity index (χ0v) is 50.9. The summed E-state index contributed by atoms with van der Waals surface area (Å²) in [5.41, 5.74) is 14.5. The molecule has 2 N–H and O–H groups in total. The molecule has 0 atom stereocenters. The van der Waals surface area contributed by atoms with Crippen LogP contribution in [0, 0.1) is 0 Å². The van der Waals surface area contributed by atoms with Gasteiger partial charge in [0.15, 0.2) is 11.5 Å². The number of aromatic amines is 2. The quantitative estimate of drug-likeness (QED) is 0.0543. The minimum absolute atomic E-state index is 0.176. The summed E-state index contributed by atoms with van der Waals surface area (Å²) < 4.78 is 13.1. The highest BCUT2D eigenvalue weighted by Gasteiger charge is 2.28. The molecule has 89 heavy (non-hydrogen) atoms. The van der Waals surface area contributed by atoms with Crippen molar-refractivity contribution in [3.63, 3.8) is 0 Å². The number of carbonyl (C=O) groups excluding carboxylic acids is 1. The monoisotopic (exact) mass is 1170 g/mol. The van der Waals surface area contributed by atoms with Crippen LogP contribution in [0.3, 0.4) is 0 Å².